The van der Waals surface area contributed by atoms with Gasteiger partial charge in [-0.3, -0.25) is 9.59 Å². The zero-order chi connectivity index (χ0) is 24.9. The van der Waals surface area contributed by atoms with E-state index in [4.69, 9.17) is 9.15 Å². The van der Waals surface area contributed by atoms with Crippen molar-refractivity contribution in [3.63, 3.8) is 0 Å². The van der Waals surface area contributed by atoms with E-state index in [9.17, 15) is 19.2 Å². The fraction of sp³-hybridized carbons (Fsp3) is 0.143. The lowest BCUT2D eigenvalue weighted by Gasteiger charge is -2.16. The molecule has 0 aliphatic carbocycles. The molecule has 0 spiro atoms. The van der Waals surface area contributed by atoms with E-state index in [2.05, 4.69) is 0 Å². The molecule has 2 heterocycles. The first kappa shape index (κ1) is 22.3. The zero-order valence-corrected chi connectivity index (χ0v) is 19.4. The Morgan fingerprint density at radius 1 is 0.857 bits per heavy atom. The minimum atomic E-state index is -0.674. The Labute approximate surface area is 200 Å². The molecule has 5 rings (SSSR count). The van der Waals surface area contributed by atoms with Gasteiger partial charge in [0.05, 0.1) is 22.4 Å². The second-order valence-electron chi connectivity index (χ2n) is 8.54. The van der Waals surface area contributed by atoms with Crippen molar-refractivity contribution in [3.8, 4) is 0 Å². The van der Waals surface area contributed by atoms with Gasteiger partial charge in [0.25, 0.3) is 11.8 Å². The Morgan fingerprint density at radius 2 is 1.60 bits per heavy atom. The van der Waals surface area contributed by atoms with E-state index in [1.165, 1.54) is 24.3 Å². The fourth-order valence-corrected chi connectivity index (χ4v) is 4.27. The molecule has 3 aromatic carbocycles. The van der Waals surface area contributed by atoms with E-state index in [1.54, 1.807) is 12.1 Å². The number of aryl methyl sites for hydroxylation is 3. The van der Waals surface area contributed by atoms with E-state index in [0.29, 0.717) is 22.2 Å². The maximum Gasteiger partial charge on any atom is 0.338 e. The second kappa shape index (κ2) is 8.36. The first-order valence-corrected chi connectivity index (χ1v) is 11.0. The second-order valence-corrected chi connectivity index (χ2v) is 8.54. The van der Waals surface area contributed by atoms with E-state index >= 15 is 0 Å². The van der Waals surface area contributed by atoms with Gasteiger partial charge in [-0.2, -0.15) is 0 Å². The van der Waals surface area contributed by atoms with Gasteiger partial charge in [-0.05, 0) is 61.7 Å². The Balaban J connectivity index is 1.41. The normalized spacial score (nSPS) is 12.8. The summed E-state index contributed by atoms with van der Waals surface area (Å²) in [7, 11) is 0. The SMILES string of the molecule is Cc1ccccc1N1C(=O)c2ccc(C(=O)OCc3cc(=O)oc4c(C)c(C)ccc34)cc2C1=O. The summed E-state index contributed by atoms with van der Waals surface area (Å²) >= 11 is 0. The largest absolute Gasteiger partial charge is 0.457 e. The molecule has 4 aromatic rings. The third-order valence-corrected chi connectivity index (χ3v) is 6.35. The number of benzene rings is 3. The van der Waals surface area contributed by atoms with Crippen LogP contribution in [0.5, 0.6) is 0 Å². The molecule has 7 heteroatoms. The first-order chi connectivity index (χ1) is 16.8. The Kier molecular flexibility index (Phi) is 5.32. The van der Waals surface area contributed by atoms with Crippen LogP contribution in [0.1, 0.15) is 53.3 Å². The molecule has 7 nitrogen and oxygen atoms in total. The highest BCUT2D eigenvalue weighted by molar-refractivity contribution is 6.34. The van der Waals surface area contributed by atoms with Gasteiger partial charge in [0.15, 0.2) is 0 Å². The van der Waals surface area contributed by atoms with Crippen LogP contribution in [0.2, 0.25) is 0 Å². The molecule has 1 aliphatic heterocycles. The lowest BCUT2D eigenvalue weighted by molar-refractivity contribution is 0.0473. The molecule has 0 saturated heterocycles. The zero-order valence-electron chi connectivity index (χ0n) is 19.4. The molecule has 0 radical (unpaired) electrons. The minimum absolute atomic E-state index is 0.135. The number of carbonyl (C=O) groups excluding carboxylic acids is 3. The Hall–Kier alpha value is -4.52. The van der Waals surface area contributed by atoms with Gasteiger partial charge in [-0.1, -0.05) is 30.3 Å². The number of carbonyl (C=O) groups is 3. The summed E-state index contributed by atoms with van der Waals surface area (Å²) in [6.07, 6.45) is 0. The molecular formula is C28H21NO6. The predicted molar refractivity (Wildman–Crippen MR) is 130 cm³/mol. The summed E-state index contributed by atoms with van der Waals surface area (Å²) in [5.41, 5.74) is 4.06. The van der Waals surface area contributed by atoms with Crippen molar-refractivity contribution in [2.24, 2.45) is 0 Å². The van der Waals surface area contributed by atoms with Crippen LogP contribution in [0, 0.1) is 20.8 Å². The molecular weight excluding hydrogens is 446 g/mol. The van der Waals surface area contributed by atoms with E-state index < -0.39 is 23.4 Å². The lowest BCUT2D eigenvalue weighted by atomic mass is 10.0. The van der Waals surface area contributed by atoms with Gasteiger partial charge in [0, 0.05) is 17.0 Å². The Morgan fingerprint density at radius 3 is 2.37 bits per heavy atom. The lowest BCUT2D eigenvalue weighted by Crippen LogP contribution is -2.29. The first-order valence-electron chi connectivity index (χ1n) is 11.0. The summed E-state index contributed by atoms with van der Waals surface area (Å²) in [6.45, 7) is 5.45. The highest BCUT2D eigenvalue weighted by atomic mass is 16.5. The van der Waals surface area contributed by atoms with Crippen LogP contribution in [-0.4, -0.2) is 17.8 Å². The molecule has 0 bridgehead atoms. The van der Waals surface area contributed by atoms with Crippen molar-refractivity contribution in [2.75, 3.05) is 4.90 Å². The topological polar surface area (TPSA) is 93.9 Å². The molecule has 0 atom stereocenters. The molecule has 0 N–H and O–H groups in total. The van der Waals surface area contributed by atoms with Crippen LogP contribution in [0.15, 0.2) is 69.9 Å². The van der Waals surface area contributed by atoms with E-state index in [1.807, 2.05) is 45.0 Å². The molecule has 1 aliphatic rings. The number of nitrogens with zero attached hydrogens (tertiary/aromatic N) is 1. The number of anilines is 1. The molecule has 1 aromatic heterocycles. The monoisotopic (exact) mass is 467 g/mol. The van der Waals surface area contributed by atoms with Crippen molar-refractivity contribution >= 4 is 34.4 Å². The quantitative estimate of drug-likeness (QED) is 0.241. The fourth-order valence-electron chi connectivity index (χ4n) is 4.27. The van der Waals surface area contributed by atoms with Gasteiger partial charge in [0.1, 0.15) is 12.2 Å². The Bertz CT molecular complexity index is 1610. The summed E-state index contributed by atoms with van der Waals surface area (Å²) in [4.78, 5) is 52.0. The van der Waals surface area contributed by atoms with Crippen LogP contribution in [0.25, 0.3) is 11.0 Å². The summed E-state index contributed by atoms with van der Waals surface area (Å²) < 4.78 is 10.8. The predicted octanol–water partition coefficient (Wildman–Crippen LogP) is 4.88. The molecule has 0 unspecified atom stereocenters. The van der Waals surface area contributed by atoms with Gasteiger partial charge in [0.2, 0.25) is 0 Å². The number of hydrogen-bond acceptors (Lipinski definition) is 6. The van der Waals surface area contributed by atoms with Gasteiger partial charge >= 0.3 is 11.6 Å². The number of fused-ring (bicyclic) bond motifs is 2. The molecule has 0 fully saturated rings. The van der Waals surface area contributed by atoms with Crippen molar-refractivity contribution in [1.82, 2.24) is 0 Å². The number of rotatable bonds is 4. The van der Waals surface area contributed by atoms with Crippen molar-refractivity contribution in [1.29, 1.82) is 0 Å². The summed E-state index contributed by atoms with van der Waals surface area (Å²) in [6, 6.07) is 16.4. The summed E-state index contributed by atoms with van der Waals surface area (Å²) in [5, 5.41) is 0.684. The average molecular weight is 467 g/mol. The molecule has 0 saturated carbocycles. The van der Waals surface area contributed by atoms with E-state index in [-0.39, 0.29) is 23.3 Å². The number of ether oxygens (including phenoxy) is 1. The minimum Gasteiger partial charge on any atom is -0.457 e. The van der Waals surface area contributed by atoms with Crippen molar-refractivity contribution in [3.05, 3.63) is 110 Å². The smallest absolute Gasteiger partial charge is 0.338 e. The number of imide groups is 1. The number of esters is 1. The summed E-state index contributed by atoms with van der Waals surface area (Å²) in [5.74, 6) is -1.61. The highest BCUT2D eigenvalue weighted by Gasteiger charge is 2.37. The van der Waals surface area contributed by atoms with Gasteiger partial charge < -0.3 is 9.15 Å². The average Bonchev–Trinajstić information content (AvgIpc) is 3.09. The van der Waals surface area contributed by atoms with Gasteiger partial charge in [-0.25, -0.2) is 14.5 Å². The molecule has 35 heavy (non-hydrogen) atoms. The molecule has 2 amide bonds. The van der Waals surface area contributed by atoms with Crippen LogP contribution < -0.4 is 10.5 Å². The number of para-hydroxylation sites is 1. The third kappa shape index (κ3) is 3.71. The molecule has 174 valence electrons. The number of amides is 2. The maximum atomic E-state index is 13.1. The third-order valence-electron chi connectivity index (χ3n) is 6.35. The number of hydrogen-bond donors (Lipinski definition) is 0. The van der Waals surface area contributed by atoms with Crippen LogP contribution in [0.3, 0.4) is 0 Å². The van der Waals surface area contributed by atoms with Crippen LogP contribution in [-0.2, 0) is 11.3 Å². The van der Waals surface area contributed by atoms with Crippen molar-refractivity contribution in [2.45, 2.75) is 27.4 Å². The van der Waals surface area contributed by atoms with Crippen LogP contribution >= 0.6 is 0 Å². The van der Waals surface area contributed by atoms with E-state index in [0.717, 1.165) is 21.6 Å². The van der Waals surface area contributed by atoms with Crippen LogP contribution in [0.4, 0.5) is 5.69 Å². The standard InChI is InChI=1S/C28H21NO6/c1-15-8-10-20-19(13-24(30)35-25(20)17(15)3)14-34-28(33)18-9-11-21-22(12-18)27(32)29(26(21)31)23-7-5-4-6-16(23)2/h4-13H,14H2,1-3H3. The van der Waals surface area contributed by atoms with Crippen molar-refractivity contribution < 1.29 is 23.5 Å². The highest BCUT2D eigenvalue weighted by Crippen LogP contribution is 2.31. The van der Waals surface area contributed by atoms with Gasteiger partial charge in [-0.15, -0.1) is 0 Å². The maximum absolute atomic E-state index is 13.1.